The molecule has 0 aromatic carbocycles. The summed E-state index contributed by atoms with van der Waals surface area (Å²) in [6, 6.07) is 0.133. The first kappa shape index (κ1) is 12.8. The molecule has 0 saturated heterocycles. The van der Waals surface area contributed by atoms with Gasteiger partial charge in [0.15, 0.2) is 0 Å². The summed E-state index contributed by atoms with van der Waals surface area (Å²) in [7, 11) is 1.71. The van der Waals surface area contributed by atoms with Crippen molar-refractivity contribution < 1.29 is 14.6 Å². The van der Waals surface area contributed by atoms with Gasteiger partial charge in [0, 0.05) is 7.11 Å². The van der Waals surface area contributed by atoms with Gasteiger partial charge in [-0.3, -0.25) is 4.79 Å². The number of amides is 1. The maximum Gasteiger partial charge on any atom is 0.226 e. The lowest BCUT2D eigenvalue weighted by molar-refractivity contribution is -0.129. The molecule has 4 unspecified atom stereocenters. The van der Waals surface area contributed by atoms with Crippen LogP contribution in [0.1, 0.15) is 44.9 Å². The summed E-state index contributed by atoms with van der Waals surface area (Å²) in [6.07, 6.45) is 6.58. The minimum atomic E-state index is -0.445. The predicted octanol–water partition coefficient (Wildman–Crippen LogP) is 1.22. The Hall–Kier alpha value is -0.610. The van der Waals surface area contributed by atoms with Crippen LogP contribution in [0.4, 0.5) is 0 Å². The first-order valence-electron chi connectivity index (χ1n) is 6.73. The molecule has 4 atom stereocenters. The highest BCUT2D eigenvalue weighted by atomic mass is 16.5. The number of carbonyl (C=O) groups excluding carboxylic acids is 1. The largest absolute Gasteiger partial charge is 0.392 e. The third-order valence-corrected chi connectivity index (χ3v) is 4.15. The highest BCUT2D eigenvalue weighted by molar-refractivity contribution is 5.79. The number of methoxy groups -OCH3 is 1. The summed E-state index contributed by atoms with van der Waals surface area (Å²) in [5.41, 5.74) is 0. The molecule has 0 aliphatic heterocycles. The molecule has 0 bridgehead atoms. The van der Waals surface area contributed by atoms with Crippen molar-refractivity contribution in [3.8, 4) is 0 Å². The number of nitrogens with one attached hydrogen (secondary N) is 1. The van der Waals surface area contributed by atoms with Crippen LogP contribution in [-0.2, 0) is 9.53 Å². The van der Waals surface area contributed by atoms with Crippen LogP contribution in [0, 0.1) is 5.92 Å². The molecule has 0 aromatic rings. The second kappa shape index (κ2) is 5.83. The smallest absolute Gasteiger partial charge is 0.226 e. The second-order valence-electron chi connectivity index (χ2n) is 5.28. The number of rotatable bonds is 3. The van der Waals surface area contributed by atoms with Gasteiger partial charge in [0.05, 0.1) is 24.2 Å². The molecule has 98 valence electrons. The van der Waals surface area contributed by atoms with E-state index in [2.05, 4.69) is 5.32 Å². The second-order valence-corrected chi connectivity index (χ2v) is 5.28. The van der Waals surface area contributed by atoms with Crippen molar-refractivity contribution in [1.29, 1.82) is 0 Å². The summed E-state index contributed by atoms with van der Waals surface area (Å²) in [5, 5.41) is 12.8. The quantitative estimate of drug-likeness (QED) is 0.781. The van der Waals surface area contributed by atoms with Crippen molar-refractivity contribution in [3.63, 3.8) is 0 Å². The van der Waals surface area contributed by atoms with Crippen molar-refractivity contribution in [2.45, 2.75) is 63.2 Å². The molecule has 1 amide bonds. The monoisotopic (exact) mass is 241 g/mol. The molecule has 2 rings (SSSR count). The SMILES string of the molecule is COC1CCCCC1NC(=O)C1CCCC1O. The lowest BCUT2D eigenvalue weighted by Crippen LogP contribution is -2.48. The Kier molecular flexibility index (Phi) is 4.40. The lowest BCUT2D eigenvalue weighted by Gasteiger charge is -2.32. The molecule has 0 spiro atoms. The summed E-state index contributed by atoms with van der Waals surface area (Å²) in [4.78, 5) is 12.1. The van der Waals surface area contributed by atoms with Gasteiger partial charge in [0.1, 0.15) is 0 Å². The van der Waals surface area contributed by atoms with Crippen LogP contribution >= 0.6 is 0 Å². The van der Waals surface area contributed by atoms with Gasteiger partial charge in [-0.25, -0.2) is 0 Å². The topological polar surface area (TPSA) is 58.6 Å². The van der Waals surface area contributed by atoms with E-state index in [0.29, 0.717) is 0 Å². The Bertz CT molecular complexity index is 269. The van der Waals surface area contributed by atoms with Crippen LogP contribution in [0.15, 0.2) is 0 Å². The fraction of sp³-hybridized carbons (Fsp3) is 0.923. The van der Waals surface area contributed by atoms with E-state index in [4.69, 9.17) is 4.74 Å². The fourth-order valence-corrected chi connectivity index (χ4v) is 3.08. The van der Waals surface area contributed by atoms with E-state index in [1.807, 2.05) is 0 Å². The Morgan fingerprint density at radius 2 is 1.94 bits per heavy atom. The van der Waals surface area contributed by atoms with Gasteiger partial charge in [-0.2, -0.15) is 0 Å². The van der Waals surface area contributed by atoms with E-state index in [9.17, 15) is 9.90 Å². The van der Waals surface area contributed by atoms with E-state index in [1.54, 1.807) is 7.11 Å². The van der Waals surface area contributed by atoms with E-state index in [1.165, 1.54) is 6.42 Å². The van der Waals surface area contributed by atoms with Crippen LogP contribution in [-0.4, -0.2) is 36.4 Å². The van der Waals surface area contributed by atoms with Crippen LogP contribution < -0.4 is 5.32 Å². The molecule has 2 aliphatic rings. The third-order valence-electron chi connectivity index (χ3n) is 4.15. The van der Waals surface area contributed by atoms with Crippen molar-refractivity contribution in [3.05, 3.63) is 0 Å². The number of hydrogen-bond donors (Lipinski definition) is 2. The van der Waals surface area contributed by atoms with Gasteiger partial charge in [0.25, 0.3) is 0 Å². The lowest BCUT2D eigenvalue weighted by atomic mass is 9.91. The van der Waals surface area contributed by atoms with E-state index < -0.39 is 6.10 Å². The summed E-state index contributed by atoms with van der Waals surface area (Å²) in [6.45, 7) is 0. The van der Waals surface area contributed by atoms with Gasteiger partial charge < -0.3 is 15.2 Å². The number of aliphatic hydroxyl groups excluding tert-OH is 1. The average molecular weight is 241 g/mol. The minimum absolute atomic E-state index is 0.0175. The highest BCUT2D eigenvalue weighted by Crippen LogP contribution is 2.27. The molecular formula is C13H23NO3. The maximum absolute atomic E-state index is 12.1. The third kappa shape index (κ3) is 2.99. The Morgan fingerprint density at radius 3 is 2.59 bits per heavy atom. The Labute approximate surface area is 103 Å². The average Bonchev–Trinajstić information content (AvgIpc) is 2.76. The van der Waals surface area contributed by atoms with Crippen LogP contribution in [0.3, 0.4) is 0 Å². The van der Waals surface area contributed by atoms with Crippen molar-refractivity contribution in [1.82, 2.24) is 5.32 Å². The van der Waals surface area contributed by atoms with E-state index in [0.717, 1.165) is 38.5 Å². The molecular weight excluding hydrogens is 218 g/mol. The zero-order valence-electron chi connectivity index (χ0n) is 10.5. The van der Waals surface area contributed by atoms with Crippen LogP contribution in [0.25, 0.3) is 0 Å². The zero-order chi connectivity index (χ0) is 12.3. The molecule has 17 heavy (non-hydrogen) atoms. The van der Waals surface area contributed by atoms with Crippen molar-refractivity contribution in [2.75, 3.05) is 7.11 Å². The summed E-state index contributed by atoms with van der Waals surface area (Å²) in [5.74, 6) is -0.182. The van der Waals surface area contributed by atoms with Gasteiger partial charge >= 0.3 is 0 Å². The number of carbonyl (C=O) groups is 1. The molecule has 0 heterocycles. The highest BCUT2D eigenvalue weighted by Gasteiger charge is 2.34. The van der Waals surface area contributed by atoms with Crippen LogP contribution in [0.5, 0.6) is 0 Å². The fourth-order valence-electron chi connectivity index (χ4n) is 3.08. The number of ether oxygens (including phenoxy) is 1. The van der Waals surface area contributed by atoms with Crippen molar-refractivity contribution in [2.24, 2.45) is 5.92 Å². The van der Waals surface area contributed by atoms with E-state index >= 15 is 0 Å². The van der Waals surface area contributed by atoms with Crippen LogP contribution in [0.2, 0.25) is 0 Å². The standard InChI is InChI=1S/C13H23NO3/c1-17-12-8-3-2-6-10(12)14-13(16)9-5-4-7-11(9)15/h9-12,15H,2-8H2,1H3,(H,14,16). The van der Waals surface area contributed by atoms with Gasteiger partial charge in [-0.15, -0.1) is 0 Å². The molecule has 2 N–H and O–H groups in total. The Morgan fingerprint density at radius 1 is 1.18 bits per heavy atom. The molecule has 2 aliphatic carbocycles. The molecule has 4 nitrogen and oxygen atoms in total. The minimum Gasteiger partial charge on any atom is -0.392 e. The molecule has 2 fully saturated rings. The molecule has 0 radical (unpaired) electrons. The summed E-state index contributed by atoms with van der Waals surface area (Å²) < 4.78 is 5.42. The predicted molar refractivity (Wildman–Crippen MR) is 64.5 cm³/mol. The first-order chi connectivity index (χ1) is 8.22. The number of hydrogen-bond acceptors (Lipinski definition) is 3. The van der Waals surface area contributed by atoms with Gasteiger partial charge in [0.2, 0.25) is 5.91 Å². The van der Waals surface area contributed by atoms with E-state index in [-0.39, 0.29) is 24.0 Å². The number of aliphatic hydroxyl groups is 1. The zero-order valence-corrected chi connectivity index (χ0v) is 10.5. The van der Waals surface area contributed by atoms with Gasteiger partial charge in [-0.05, 0) is 32.1 Å². The first-order valence-corrected chi connectivity index (χ1v) is 6.73. The molecule has 4 heteroatoms. The van der Waals surface area contributed by atoms with Gasteiger partial charge in [-0.1, -0.05) is 12.8 Å². The summed E-state index contributed by atoms with van der Waals surface area (Å²) >= 11 is 0. The normalized spacial score (nSPS) is 38.0. The molecule has 0 aromatic heterocycles. The molecule has 2 saturated carbocycles. The van der Waals surface area contributed by atoms with Crippen molar-refractivity contribution >= 4 is 5.91 Å². The maximum atomic E-state index is 12.1. The Balaban J connectivity index is 1.88.